The number of amides is 1. The molecule has 1 amide bonds. The molecule has 0 aromatic heterocycles. The van der Waals surface area contributed by atoms with Crippen molar-refractivity contribution in [1.82, 2.24) is 5.01 Å². The van der Waals surface area contributed by atoms with Gasteiger partial charge >= 0.3 is 0 Å². The van der Waals surface area contributed by atoms with Gasteiger partial charge in [-0.25, -0.2) is 5.84 Å². The molecule has 1 rings (SSSR count). The lowest BCUT2D eigenvalue weighted by Gasteiger charge is -2.27. The molecule has 1 aromatic rings. The van der Waals surface area contributed by atoms with Gasteiger partial charge in [0.2, 0.25) is 5.91 Å². The number of hydrogen-bond donors (Lipinski definition) is 1. The van der Waals surface area contributed by atoms with Crippen molar-refractivity contribution >= 4 is 17.7 Å². The first-order chi connectivity index (χ1) is 7.89. The van der Waals surface area contributed by atoms with E-state index in [0.29, 0.717) is 0 Å². The van der Waals surface area contributed by atoms with Crippen LogP contribution in [0, 0.1) is 0 Å². The predicted molar refractivity (Wildman–Crippen MR) is 72.8 cm³/mol. The number of thioether (sulfide) groups is 1. The molecule has 0 spiro atoms. The van der Waals surface area contributed by atoms with Crippen LogP contribution < -0.4 is 5.84 Å². The van der Waals surface area contributed by atoms with Crippen LogP contribution in [0.2, 0.25) is 0 Å². The second-order valence-corrected chi connectivity index (χ2v) is 5.84. The van der Waals surface area contributed by atoms with E-state index in [9.17, 15) is 4.79 Å². The summed E-state index contributed by atoms with van der Waals surface area (Å²) in [6.45, 7) is 5.90. The van der Waals surface area contributed by atoms with Crippen molar-refractivity contribution in [2.45, 2.75) is 31.1 Å². The second-order valence-electron chi connectivity index (χ2n) is 4.50. The summed E-state index contributed by atoms with van der Waals surface area (Å²) < 4.78 is 0. The third-order valence-electron chi connectivity index (χ3n) is 2.74. The summed E-state index contributed by atoms with van der Waals surface area (Å²) in [5.41, 5.74) is 0.402. The molecule has 17 heavy (non-hydrogen) atoms. The van der Waals surface area contributed by atoms with Gasteiger partial charge in [0.15, 0.2) is 0 Å². The first-order valence-electron chi connectivity index (χ1n) is 5.65. The van der Waals surface area contributed by atoms with Crippen LogP contribution in [0.5, 0.6) is 0 Å². The van der Waals surface area contributed by atoms with E-state index in [2.05, 4.69) is 19.1 Å². The molecular formula is C13H20N2OS. The summed E-state index contributed by atoms with van der Waals surface area (Å²) >= 11 is 1.79. The van der Waals surface area contributed by atoms with E-state index in [1.165, 1.54) is 4.90 Å². The van der Waals surface area contributed by atoms with Crippen LogP contribution in [-0.4, -0.2) is 23.7 Å². The van der Waals surface area contributed by atoms with E-state index < -0.39 is 5.41 Å². The maximum absolute atomic E-state index is 12.0. The highest BCUT2D eigenvalue weighted by Gasteiger charge is 2.31. The second kappa shape index (κ2) is 5.56. The van der Waals surface area contributed by atoms with Gasteiger partial charge in [0.25, 0.3) is 0 Å². The minimum Gasteiger partial charge on any atom is -0.283 e. The number of benzene rings is 1. The Balaban J connectivity index is 2.95. The first-order valence-corrected chi connectivity index (χ1v) is 6.64. The Kier molecular flexibility index (Phi) is 4.60. The molecule has 0 atom stereocenters. The van der Waals surface area contributed by atoms with Crippen LogP contribution in [0.4, 0.5) is 0 Å². The number of nitrogens with zero attached hydrogens (tertiary/aromatic N) is 1. The molecule has 4 heteroatoms. The number of likely N-dealkylation sites (N-methyl/N-ethyl adjacent to an activating group) is 1. The Morgan fingerprint density at radius 3 is 2.29 bits per heavy atom. The quantitative estimate of drug-likeness (QED) is 0.387. The van der Waals surface area contributed by atoms with Crippen molar-refractivity contribution < 1.29 is 4.79 Å². The summed E-state index contributed by atoms with van der Waals surface area (Å²) in [4.78, 5) is 13.2. The number of hydrazine groups is 1. The average Bonchev–Trinajstić information content (AvgIpc) is 2.29. The smallest absolute Gasteiger partial charge is 0.246 e. The van der Waals surface area contributed by atoms with Crippen LogP contribution in [-0.2, 0) is 10.2 Å². The number of nitrogens with two attached hydrogens (primary N) is 1. The maximum atomic E-state index is 12.0. The van der Waals surface area contributed by atoms with E-state index in [-0.39, 0.29) is 5.91 Å². The normalized spacial score (nSPS) is 11.4. The Morgan fingerprint density at radius 1 is 1.35 bits per heavy atom. The average molecular weight is 252 g/mol. The lowest BCUT2D eigenvalue weighted by atomic mass is 9.83. The van der Waals surface area contributed by atoms with Gasteiger partial charge in [-0.1, -0.05) is 19.1 Å². The SMILES string of the molecule is CCSc1ccc(C(C)(C)C(=O)N(C)N)cc1. The number of carbonyl (C=O) groups is 1. The summed E-state index contributed by atoms with van der Waals surface area (Å²) in [5.74, 6) is 6.48. The highest BCUT2D eigenvalue weighted by atomic mass is 32.2. The molecular weight excluding hydrogens is 232 g/mol. The first kappa shape index (κ1) is 14.1. The van der Waals surface area contributed by atoms with Crippen LogP contribution in [0.25, 0.3) is 0 Å². The molecule has 3 nitrogen and oxygen atoms in total. The van der Waals surface area contributed by atoms with Crippen molar-refractivity contribution in [2.75, 3.05) is 12.8 Å². The largest absolute Gasteiger partial charge is 0.283 e. The van der Waals surface area contributed by atoms with E-state index in [1.54, 1.807) is 18.8 Å². The minimum absolute atomic E-state index is 0.0894. The third kappa shape index (κ3) is 3.23. The monoisotopic (exact) mass is 252 g/mol. The van der Waals surface area contributed by atoms with Crippen LogP contribution in [0.1, 0.15) is 26.3 Å². The molecule has 0 heterocycles. The maximum Gasteiger partial charge on any atom is 0.246 e. The predicted octanol–water partition coefficient (Wildman–Crippen LogP) is 2.41. The fourth-order valence-corrected chi connectivity index (χ4v) is 2.36. The fraction of sp³-hybridized carbons (Fsp3) is 0.462. The summed E-state index contributed by atoms with van der Waals surface area (Å²) in [5, 5.41) is 1.15. The third-order valence-corrected chi connectivity index (χ3v) is 3.64. The van der Waals surface area contributed by atoms with Crippen molar-refractivity contribution in [3.05, 3.63) is 29.8 Å². The minimum atomic E-state index is -0.584. The molecule has 0 saturated heterocycles. The van der Waals surface area contributed by atoms with E-state index in [1.807, 2.05) is 26.0 Å². The lowest BCUT2D eigenvalue weighted by Crippen LogP contribution is -2.44. The highest BCUT2D eigenvalue weighted by Crippen LogP contribution is 2.27. The molecule has 2 N–H and O–H groups in total. The zero-order valence-electron chi connectivity index (χ0n) is 10.9. The molecule has 0 aliphatic rings. The number of carbonyl (C=O) groups excluding carboxylic acids is 1. The van der Waals surface area contributed by atoms with Gasteiger partial charge in [0, 0.05) is 11.9 Å². The van der Waals surface area contributed by atoms with Crippen molar-refractivity contribution in [3.8, 4) is 0 Å². The Bertz CT molecular complexity index is 385. The Labute approximate surface area is 107 Å². The van der Waals surface area contributed by atoms with E-state index >= 15 is 0 Å². The molecule has 1 aromatic carbocycles. The number of hydrogen-bond acceptors (Lipinski definition) is 3. The summed E-state index contributed by atoms with van der Waals surface area (Å²) in [7, 11) is 1.57. The van der Waals surface area contributed by atoms with Crippen LogP contribution in [0.3, 0.4) is 0 Å². The molecule has 0 aliphatic carbocycles. The molecule has 0 fully saturated rings. The van der Waals surface area contributed by atoms with Gasteiger partial charge in [0.05, 0.1) is 5.41 Å². The molecule has 0 radical (unpaired) electrons. The van der Waals surface area contributed by atoms with Crippen molar-refractivity contribution in [1.29, 1.82) is 0 Å². The molecule has 0 unspecified atom stereocenters. The summed E-state index contributed by atoms with van der Waals surface area (Å²) in [6.07, 6.45) is 0. The van der Waals surface area contributed by atoms with Crippen molar-refractivity contribution in [3.63, 3.8) is 0 Å². The molecule has 94 valence electrons. The topological polar surface area (TPSA) is 46.3 Å². The molecule has 0 aliphatic heterocycles. The van der Waals surface area contributed by atoms with E-state index in [4.69, 9.17) is 5.84 Å². The van der Waals surface area contributed by atoms with Gasteiger partial charge in [0.1, 0.15) is 0 Å². The highest BCUT2D eigenvalue weighted by molar-refractivity contribution is 7.99. The van der Waals surface area contributed by atoms with Gasteiger partial charge in [-0.2, -0.15) is 0 Å². The molecule has 0 bridgehead atoms. The Hall–Kier alpha value is -1.00. The van der Waals surface area contributed by atoms with E-state index in [0.717, 1.165) is 16.3 Å². The Morgan fingerprint density at radius 2 is 1.88 bits per heavy atom. The van der Waals surface area contributed by atoms with Gasteiger partial charge in [-0.3, -0.25) is 9.80 Å². The zero-order valence-corrected chi connectivity index (χ0v) is 11.7. The van der Waals surface area contributed by atoms with Gasteiger partial charge in [-0.15, -0.1) is 11.8 Å². The number of rotatable bonds is 4. The van der Waals surface area contributed by atoms with Crippen molar-refractivity contribution in [2.24, 2.45) is 5.84 Å². The van der Waals surface area contributed by atoms with Crippen LogP contribution in [0.15, 0.2) is 29.2 Å². The van der Waals surface area contributed by atoms with Gasteiger partial charge < -0.3 is 0 Å². The summed E-state index contributed by atoms with van der Waals surface area (Å²) in [6, 6.07) is 8.10. The lowest BCUT2D eigenvalue weighted by molar-refractivity contribution is -0.135. The van der Waals surface area contributed by atoms with Crippen LogP contribution >= 0.6 is 11.8 Å². The van der Waals surface area contributed by atoms with Gasteiger partial charge in [-0.05, 0) is 37.3 Å². The standard InChI is InChI=1S/C13H20N2OS/c1-5-17-11-8-6-10(7-9-11)13(2,3)12(16)15(4)14/h6-9H,5,14H2,1-4H3. The molecule has 0 saturated carbocycles. The zero-order chi connectivity index (χ0) is 13.1. The fourth-order valence-electron chi connectivity index (χ4n) is 1.70.